The van der Waals surface area contributed by atoms with Crippen LogP contribution in [-0.2, 0) is 22.7 Å². The first kappa shape index (κ1) is 16.9. The fraction of sp³-hybridized carbons (Fsp3) is 0.375. The Morgan fingerprint density at radius 3 is 2.88 bits per heavy atom. The van der Waals surface area contributed by atoms with E-state index in [0.717, 1.165) is 0 Å². The van der Waals surface area contributed by atoms with Crippen molar-refractivity contribution in [1.29, 1.82) is 0 Å². The highest BCUT2D eigenvalue weighted by molar-refractivity contribution is 5.83. The van der Waals surface area contributed by atoms with Crippen molar-refractivity contribution >= 4 is 11.8 Å². The minimum Gasteiger partial charge on any atom is -0.349 e. The molecule has 25 heavy (non-hydrogen) atoms. The zero-order valence-corrected chi connectivity index (χ0v) is 13.4. The summed E-state index contributed by atoms with van der Waals surface area (Å²) in [6, 6.07) is 6.27. The summed E-state index contributed by atoms with van der Waals surface area (Å²) in [5.41, 5.74) is -0.0189. The van der Waals surface area contributed by atoms with Gasteiger partial charge in [-0.05, 0) is 12.5 Å². The second-order valence-electron chi connectivity index (χ2n) is 5.94. The zero-order valence-electron chi connectivity index (χ0n) is 13.4. The van der Waals surface area contributed by atoms with Crippen LogP contribution in [0.4, 0.5) is 4.39 Å². The number of benzene rings is 1. The average molecular weight is 347 g/mol. The van der Waals surface area contributed by atoms with Gasteiger partial charge in [0.05, 0.1) is 12.5 Å². The number of hydrogen-bond acceptors (Lipinski definition) is 4. The predicted octanol–water partition coefficient (Wildman–Crippen LogP) is 0.292. The quantitative estimate of drug-likeness (QED) is 0.722. The molecule has 8 nitrogen and oxygen atoms in total. The highest BCUT2D eigenvalue weighted by Gasteiger charge is 2.30. The first-order valence-corrected chi connectivity index (χ1v) is 7.95. The molecule has 1 atom stereocenters. The largest absolute Gasteiger partial charge is 0.349 e. The van der Waals surface area contributed by atoms with E-state index < -0.39 is 5.69 Å². The number of H-pyrrole nitrogens is 2. The minimum absolute atomic E-state index is 0.0926. The maximum atomic E-state index is 13.8. The molecule has 1 saturated heterocycles. The molecule has 0 spiro atoms. The van der Waals surface area contributed by atoms with Gasteiger partial charge in [-0.2, -0.15) is 5.10 Å². The summed E-state index contributed by atoms with van der Waals surface area (Å²) in [4.78, 5) is 39.3. The Morgan fingerprint density at radius 2 is 2.16 bits per heavy atom. The Morgan fingerprint density at radius 1 is 1.36 bits per heavy atom. The standard InChI is InChI=1S/C16H18FN5O3/c17-12-4-2-1-3-10(12)8-22-9-11(5-6-14(22)23)15(24)18-7-13-19-16(25)21-20-13/h1-4,11H,5-9H2,(H,18,24)(H2,19,20,21,25)/t11-/m0/s1. The van der Waals surface area contributed by atoms with Crippen LogP contribution in [0.15, 0.2) is 29.1 Å². The molecular weight excluding hydrogens is 329 g/mol. The van der Waals surface area contributed by atoms with Crippen LogP contribution >= 0.6 is 0 Å². The Bertz CT molecular complexity index is 831. The number of piperidine rings is 1. The van der Waals surface area contributed by atoms with Crippen LogP contribution in [-0.4, -0.2) is 38.4 Å². The molecule has 1 aromatic carbocycles. The molecule has 0 bridgehead atoms. The molecule has 0 radical (unpaired) electrons. The molecule has 1 aromatic heterocycles. The van der Waals surface area contributed by atoms with Crippen molar-refractivity contribution in [1.82, 2.24) is 25.4 Å². The molecule has 1 fully saturated rings. The molecule has 3 N–H and O–H groups in total. The molecular formula is C16H18FN5O3. The molecule has 2 aromatic rings. The number of likely N-dealkylation sites (tertiary alicyclic amines) is 1. The molecule has 1 aliphatic heterocycles. The molecule has 2 amide bonds. The number of carbonyl (C=O) groups excluding carboxylic acids is 2. The molecule has 132 valence electrons. The Kier molecular flexibility index (Phi) is 4.92. The van der Waals surface area contributed by atoms with Crippen LogP contribution in [0.2, 0.25) is 0 Å². The van der Waals surface area contributed by atoms with Crippen LogP contribution in [0.25, 0.3) is 0 Å². The second kappa shape index (κ2) is 7.29. The number of nitrogens with zero attached hydrogens (tertiary/aromatic N) is 2. The summed E-state index contributed by atoms with van der Waals surface area (Å²) < 4.78 is 13.8. The number of hydrogen-bond donors (Lipinski definition) is 3. The van der Waals surface area contributed by atoms with Crippen LogP contribution in [0.1, 0.15) is 24.2 Å². The Balaban J connectivity index is 1.59. The smallest absolute Gasteiger partial charge is 0.340 e. The summed E-state index contributed by atoms with van der Waals surface area (Å²) in [5, 5.41) is 8.62. The lowest BCUT2D eigenvalue weighted by atomic mass is 9.96. The Labute approximate surface area is 142 Å². The van der Waals surface area contributed by atoms with Gasteiger partial charge in [0.15, 0.2) is 0 Å². The van der Waals surface area contributed by atoms with E-state index in [0.29, 0.717) is 17.8 Å². The van der Waals surface area contributed by atoms with E-state index in [4.69, 9.17) is 0 Å². The number of amides is 2. The molecule has 0 unspecified atom stereocenters. The van der Waals surface area contributed by atoms with E-state index in [1.165, 1.54) is 11.0 Å². The summed E-state index contributed by atoms with van der Waals surface area (Å²) >= 11 is 0. The minimum atomic E-state index is -0.441. The lowest BCUT2D eigenvalue weighted by Crippen LogP contribution is -2.45. The van der Waals surface area contributed by atoms with Crippen LogP contribution in [0.5, 0.6) is 0 Å². The average Bonchev–Trinajstić information content (AvgIpc) is 3.02. The lowest BCUT2D eigenvalue weighted by Gasteiger charge is -2.32. The molecule has 1 aliphatic rings. The van der Waals surface area contributed by atoms with Gasteiger partial charge in [-0.3, -0.25) is 14.6 Å². The number of carbonyl (C=O) groups is 2. The summed E-state index contributed by atoms with van der Waals surface area (Å²) in [7, 11) is 0. The summed E-state index contributed by atoms with van der Waals surface area (Å²) in [6.07, 6.45) is 0.682. The molecule has 2 heterocycles. The van der Waals surface area contributed by atoms with Gasteiger partial charge in [0.25, 0.3) is 0 Å². The molecule has 0 aliphatic carbocycles. The van der Waals surface area contributed by atoms with Crippen molar-refractivity contribution in [3.05, 3.63) is 52.0 Å². The zero-order chi connectivity index (χ0) is 17.8. The maximum Gasteiger partial charge on any atom is 0.340 e. The van der Waals surface area contributed by atoms with Gasteiger partial charge in [0.2, 0.25) is 11.8 Å². The first-order valence-electron chi connectivity index (χ1n) is 7.95. The second-order valence-corrected chi connectivity index (χ2v) is 5.94. The number of nitrogens with one attached hydrogen (secondary N) is 3. The first-order chi connectivity index (χ1) is 12.0. The van der Waals surface area contributed by atoms with E-state index in [2.05, 4.69) is 20.5 Å². The fourth-order valence-corrected chi connectivity index (χ4v) is 2.82. The van der Waals surface area contributed by atoms with Crippen LogP contribution < -0.4 is 11.0 Å². The lowest BCUT2D eigenvalue weighted by molar-refractivity contribution is -0.139. The normalized spacial score (nSPS) is 17.6. The van der Waals surface area contributed by atoms with E-state index >= 15 is 0 Å². The number of rotatable bonds is 5. The van der Waals surface area contributed by atoms with Gasteiger partial charge in [0.1, 0.15) is 11.6 Å². The van der Waals surface area contributed by atoms with E-state index in [1.807, 2.05) is 0 Å². The fourth-order valence-electron chi connectivity index (χ4n) is 2.82. The van der Waals surface area contributed by atoms with Crippen molar-refractivity contribution in [3.8, 4) is 0 Å². The van der Waals surface area contributed by atoms with Crippen molar-refractivity contribution in [3.63, 3.8) is 0 Å². The predicted molar refractivity (Wildman–Crippen MR) is 85.6 cm³/mol. The number of aromatic nitrogens is 3. The SMILES string of the molecule is O=C(NCc1n[nH]c(=O)[nH]1)[C@H]1CCC(=O)N(Cc2ccccc2F)C1. The summed E-state index contributed by atoms with van der Waals surface area (Å²) in [5.74, 6) is -0.744. The van der Waals surface area contributed by atoms with Crippen LogP contribution in [0.3, 0.4) is 0 Å². The molecule has 0 saturated carbocycles. The maximum absolute atomic E-state index is 13.8. The third-order valence-corrected chi connectivity index (χ3v) is 4.17. The topological polar surface area (TPSA) is 111 Å². The number of halogens is 1. The highest BCUT2D eigenvalue weighted by atomic mass is 19.1. The third kappa shape index (κ3) is 4.11. The van der Waals surface area contributed by atoms with Gasteiger partial charge in [0, 0.05) is 25.1 Å². The van der Waals surface area contributed by atoms with Crippen molar-refractivity contribution in [2.24, 2.45) is 5.92 Å². The van der Waals surface area contributed by atoms with Crippen molar-refractivity contribution in [2.75, 3.05) is 6.54 Å². The summed E-state index contributed by atoms with van der Waals surface area (Å²) in [6.45, 7) is 0.466. The van der Waals surface area contributed by atoms with Gasteiger partial charge in [-0.25, -0.2) is 14.3 Å². The molecule has 3 rings (SSSR count). The third-order valence-electron chi connectivity index (χ3n) is 4.17. The van der Waals surface area contributed by atoms with E-state index in [9.17, 15) is 18.8 Å². The number of aromatic amines is 2. The van der Waals surface area contributed by atoms with Gasteiger partial charge < -0.3 is 10.2 Å². The van der Waals surface area contributed by atoms with Gasteiger partial charge in [-0.1, -0.05) is 18.2 Å². The highest BCUT2D eigenvalue weighted by Crippen LogP contribution is 2.21. The monoisotopic (exact) mass is 347 g/mol. The molecule has 9 heteroatoms. The van der Waals surface area contributed by atoms with E-state index in [1.54, 1.807) is 18.2 Å². The van der Waals surface area contributed by atoms with E-state index in [-0.39, 0.29) is 49.6 Å². The van der Waals surface area contributed by atoms with Gasteiger partial charge in [-0.15, -0.1) is 0 Å². The van der Waals surface area contributed by atoms with Gasteiger partial charge >= 0.3 is 5.69 Å². The van der Waals surface area contributed by atoms with Crippen molar-refractivity contribution in [2.45, 2.75) is 25.9 Å². The van der Waals surface area contributed by atoms with Crippen molar-refractivity contribution < 1.29 is 14.0 Å². The van der Waals surface area contributed by atoms with Crippen LogP contribution in [0, 0.1) is 11.7 Å². The Hall–Kier alpha value is -2.97.